The number of urea groups is 1. The molecule has 1 fully saturated rings. The van der Waals surface area contributed by atoms with Gasteiger partial charge in [0.05, 0.1) is 16.4 Å². The molecule has 1 aromatic heterocycles. The van der Waals surface area contributed by atoms with E-state index in [1.807, 2.05) is 34.8 Å². The number of carbonyl (C=O) groups is 1. The molecule has 116 valence electrons. The highest BCUT2D eigenvalue weighted by Crippen LogP contribution is 2.38. The van der Waals surface area contributed by atoms with Gasteiger partial charge in [0.1, 0.15) is 5.37 Å². The summed E-state index contributed by atoms with van der Waals surface area (Å²) >= 11 is 13.7. The van der Waals surface area contributed by atoms with Crippen LogP contribution in [0.1, 0.15) is 11.1 Å². The summed E-state index contributed by atoms with van der Waals surface area (Å²) in [5.41, 5.74) is 1.68. The van der Waals surface area contributed by atoms with Crippen LogP contribution in [0.25, 0.3) is 0 Å². The quantitative estimate of drug-likeness (QED) is 0.853. The highest BCUT2D eigenvalue weighted by Gasteiger charge is 2.32. The van der Waals surface area contributed by atoms with Gasteiger partial charge in [0.25, 0.3) is 0 Å². The fourth-order valence-electron chi connectivity index (χ4n) is 2.43. The van der Waals surface area contributed by atoms with Crippen molar-refractivity contribution in [2.45, 2.75) is 5.37 Å². The second-order valence-corrected chi connectivity index (χ2v) is 7.05. The Morgan fingerprint density at radius 2 is 2.18 bits per heavy atom. The van der Waals surface area contributed by atoms with Crippen molar-refractivity contribution in [3.63, 3.8) is 0 Å². The first-order valence-electron chi connectivity index (χ1n) is 6.82. The first-order chi connectivity index (χ1) is 10.6. The third-order valence-corrected chi connectivity index (χ3v) is 5.34. The summed E-state index contributed by atoms with van der Waals surface area (Å²) in [7, 11) is 1.99. The molecule has 1 saturated heterocycles. The Labute approximate surface area is 143 Å². The van der Waals surface area contributed by atoms with Crippen molar-refractivity contribution in [3.8, 4) is 0 Å². The zero-order valence-electron chi connectivity index (χ0n) is 11.9. The van der Waals surface area contributed by atoms with Crippen LogP contribution >= 0.6 is 35.0 Å². The standard InChI is InChI=1S/C15H15Cl2N3OS/c1-19-6-2-3-13(19)14-20(7-8-22-14)15(21)18-12-5-4-10(16)9-11(12)17/h2-6,9,14H,7-8H2,1H3,(H,18,21)/t14-/m1/s1. The molecule has 1 N–H and O–H groups in total. The fraction of sp³-hybridized carbons (Fsp3) is 0.267. The Morgan fingerprint density at radius 3 is 2.86 bits per heavy atom. The van der Waals surface area contributed by atoms with Crippen LogP contribution in [-0.4, -0.2) is 27.8 Å². The SMILES string of the molecule is Cn1cccc1[C@H]1SCCN1C(=O)Nc1ccc(Cl)cc1Cl. The molecule has 3 rings (SSSR count). The molecule has 2 amide bonds. The predicted octanol–water partition coefficient (Wildman–Crippen LogP) is 4.61. The number of amides is 2. The predicted molar refractivity (Wildman–Crippen MR) is 92.8 cm³/mol. The summed E-state index contributed by atoms with van der Waals surface area (Å²) in [6, 6.07) is 8.91. The van der Waals surface area contributed by atoms with E-state index < -0.39 is 0 Å². The van der Waals surface area contributed by atoms with Gasteiger partial charge in [0.2, 0.25) is 0 Å². The van der Waals surface area contributed by atoms with Crippen LogP contribution in [0.5, 0.6) is 0 Å². The first kappa shape index (κ1) is 15.6. The van der Waals surface area contributed by atoms with Crippen molar-refractivity contribution < 1.29 is 4.79 Å². The van der Waals surface area contributed by atoms with E-state index >= 15 is 0 Å². The van der Waals surface area contributed by atoms with Gasteiger partial charge in [-0.25, -0.2) is 4.79 Å². The number of hydrogen-bond donors (Lipinski definition) is 1. The second kappa shape index (κ2) is 6.44. The van der Waals surface area contributed by atoms with Gasteiger partial charge in [-0.2, -0.15) is 0 Å². The highest BCUT2D eigenvalue weighted by molar-refractivity contribution is 7.99. The molecule has 1 aliphatic rings. The smallest absolute Gasteiger partial charge is 0.323 e. The first-order valence-corrected chi connectivity index (χ1v) is 8.62. The van der Waals surface area contributed by atoms with Crippen molar-refractivity contribution >= 4 is 46.7 Å². The molecule has 0 spiro atoms. The molecule has 0 aliphatic carbocycles. The molecule has 7 heteroatoms. The lowest BCUT2D eigenvalue weighted by atomic mass is 10.3. The van der Waals surface area contributed by atoms with Crippen LogP contribution in [0.15, 0.2) is 36.5 Å². The minimum absolute atomic E-state index is 0.0195. The van der Waals surface area contributed by atoms with Gasteiger partial charge in [0.15, 0.2) is 0 Å². The van der Waals surface area contributed by atoms with E-state index in [2.05, 4.69) is 5.32 Å². The maximum atomic E-state index is 12.6. The molecule has 2 heterocycles. The van der Waals surface area contributed by atoms with Gasteiger partial charge < -0.3 is 14.8 Å². The number of hydrogen-bond acceptors (Lipinski definition) is 2. The average molecular weight is 356 g/mol. The Bertz CT molecular complexity index is 704. The van der Waals surface area contributed by atoms with Crippen LogP contribution in [0.3, 0.4) is 0 Å². The minimum Gasteiger partial charge on any atom is -0.352 e. The summed E-state index contributed by atoms with van der Waals surface area (Å²) in [6.07, 6.45) is 1.99. The Kier molecular flexibility index (Phi) is 4.57. The number of nitrogens with one attached hydrogen (secondary N) is 1. The number of thioether (sulfide) groups is 1. The Hall–Kier alpha value is -1.30. The number of anilines is 1. The van der Waals surface area contributed by atoms with Crippen LogP contribution < -0.4 is 5.32 Å². The summed E-state index contributed by atoms with van der Waals surface area (Å²) in [5, 5.41) is 3.86. The van der Waals surface area contributed by atoms with Crippen LogP contribution in [0.4, 0.5) is 10.5 Å². The second-order valence-electron chi connectivity index (χ2n) is 5.01. The lowest BCUT2D eigenvalue weighted by Gasteiger charge is -2.25. The molecule has 0 unspecified atom stereocenters. The number of aryl methyl sites for hydroxylation is 1. The molecule has 1 atom stereocenters. The van der Waals surface area contributed by atoms with Crippen molar-refractivity contribution in [2.24, 2.45) is 7.05 Å². The molecule has 0 radical (unpaired) electrons. The number of benzene rings is 1. The maximum absolute atomic E-state index is 12.6. The number of carbonyl (C=O) groups excluding carboxylic acids is 1. The van der Waals surface area contributed by atoms with E-state index in [-0.39, 0.29) is 11.4 Å². The van der Waals surface area contributed by atoms with E-state index in [0.29, 0.717) is 22.3 Å². The molecular weight excluding hydrogens is 341 g/mol. The minimum atomic E-state index is -0.152. The molecular formula is C15H15Cl2N3OS. The molecule has 1 aromatic carbocycles. The monoisotopic (exact) mass is 355 g/mol. The maximum Gasteiger partial charge on any atom is 0.323 e. The number of rotatable bonds is 2. The largest absolute Gasteiger partial charge is 0.352 e. The molecule has 22 heavy (non-hydrogen) atoms. The molecule has 0 saturated carbocycles. The van der Waals surface area contributed by atoms with Gasteiger partial charge in [-0.3, -0.25) is 0 Å². The molecule has 1 aliphatic heterocycles. The third-order valence-electron chi connectivity index (χ3n) is 3.56. The van der Waals surface area contributed by atoms with Crippen molar-refractivity contribution in [2.75, 3.05) is 17.6 Å². The van der Waals surface area contributed by atoms with Crippen molar-refractivity contribution in [3.05, 3.63) is 52.3 Å². The summed E-state index contributed by atoms with van der Waals surface area (Å²) in [6.45, 7) is 0.706. The normalized spacial score (nSPS) is 17.8. The fourth-order valence-corrected chi connectivity index (χ4v) is 4.21. The molecule has 2 aromatic rings. The summed E-state index contributed by atoms with van der Waals surface area (Å²) < 4.78 is 2.04. The number of aromatic nitrogens is 1. The summed E-state index contributed by atoms with van der Waals surface area (Å²) in [4.78, 5) is 14.4. The highest BCUT2D eigenvalue weighted by atomic mass is 35.5. The van der Waals surface area contributed by atoms with E-state index in [0.717, 1.165) is 11.4 Å². The van der Waals surface area contributed by atoms with Gasteiger partial charge in [0, 0.05) is 30.6 Å². The van der Waals surface area contributed by atoms with Gasteiger partial charge in [-0.1, -0.05) is 23.2 Å². The van der Waals surface area contributed by atoms with Gasteiger partial charge in [-0.05, 0) is 30.3 Å². The van der Waals surface area contributed by atoms with E-state index in [1.165, 1.54) is 0 Å². The lowest BCUT2D eigenvalue weighted by molar-refractivity contribution is 0.213. The summed E-state index contributed by atoms with van der Waals surface area (Å²) in [5.74, 6) is 0.914. The van der Waals surface area contributed by atoms with E-state index in [1.54, 1.807) is 30.0 Å². The Morgan fingerprint density at radius 1 is 1.36 bits per heavy atom. The van der Waals surface area contributed by atoms with Gasteiger partial charge >= 0.3 is 6.03 Å². The Balaban J connectivity index is 1.78. The third kappa shape index (κ3) is 3.07. The lowest BCUT2D eigenvalue weighted by Crippen LogP contribution is -2.35. The zero-order valence-corrected chi connectivity index (χ0v) is 14.3. The van der Waals surface area contributed by atoms with E-state index in [9.17, 15) is 4.79 Å². The van der Waals surface area contributed by atoms with E-state index in [4.69, 9.17) is 23.2 Å². The van der Waals surface area contributed by atoms with Crippen molar-refractivity contribution in [1.29, 1.82) is 0 Å². The number of halogens is 2. The van der Waals surface area contributed by atoms with Crippen molar-refractivity contribution in [1.82, 2.24) is 9.47 Å². The molecule has 4 nitrogen and oxygen atoms in total. The van der Waals surface area contributed by atoms with Crippen LogP contribution in [-0.2, 0) is 7.05 Å². The topological polar surface area (TPSA) is 37.3 Å². The molecule has 0 bridgehead atoms. The zero-order chi connectivity index (χ0) is 15.7. The average Bonchev–Trinajstić information content (AvgIpc) is 3.09. The van der Waals surface area contributed by atoms with Crippen LogP contribution in [0.2, 0.25) is 10.0 Å². The number of nitrogens with zero attached hydrogens (tertiary/aromatic N) is 2. The van der Waals surface area contributed by atoms with Crippen LogP contribution in [0, 0.1) is 0 Å². The van der Waals surface area contributed by atoms with Gasteiger partial charge in [-0.15, -0.1) is 11.8 Å².